The fraction of sp³-hybridized carbons (Fsp3) is 0.579. The third kappa shape index (κ3) is 6.11. The number of likely N-dealkylation sites (N-methyl/N-ethyl adjacent to an activating group) is 1. The Balaban J connectivity index is 1.89. The van der Waals surface area contributed by atoms with Crippen molar-refractivity contribution < 1.29 is 24.2 Å². The predicted octanol–water partition coefficient (Wildman–Crippen LogP) is 1.80. The molecule has 0 unspecified atom stereocenters. The number of furan rings is 1. The second-order valence-corrected chi connectivity index (χ2v) is 7.07. The second-order valence-electron chi connectivity index (χ2n) is 7.07. The number of hydrogen-bond donors (Lipinski definition) is 3. The van der Waals surface area contributed by atoms with Gasteiger partial charge in [-0.25, -0.2) is 4.79 Å². The quantitative estimate of drug-likeness (QED) is 0.535. The van der Waals surface area contributed by atoms with Gasteiger partial charge in [0.05, 0.1) is 13.1 Å². The number of nitrogens with one attached hydrogen (secondary N) is 1. The van der Waals surface area contributed by atoms with Crippen molar-refractivity contribution in [3.05, 3.63) is 35.8 Å². The maximum absolute atomic E-state index is 12.7. The second kappa shape index (κ2) is 9.57. The van der Waals surface area contributed by atoms with Crippen LogP contribution in [0.25, 0.3) is 0 Å². The smallest absolute Gasteiger partial charge is 0.318 e. The fourth-order valence-corrected chi connectivity index (χ4v) is 3.25. The van der Waals surface area contributed by atoms with Gasteiger partial charge in [-0.15, -0.1) is 0 Å². The highest BCUT2D eigenvalue weighted by Gasteiger charge is 2.35. The van der Waals surface area contributed by atoms with Crippen molar-refractivity contribution >= 4 is 12.0 Å². The minimum Gasteiger partial charge on any atom is -0.480 e. The van der Waals surface area contributed by atoms with Crippen molar-refractivity contribution in [3.8, 4) is 0 Å². The lowest BCUT2D eigenvalue weighted by Gasteiger charge is -2.42. The van der Waals surface area contributed by atoms with Gasteiger partial charge in [-0.2, -0.15) is 0 Å². The van der Waals surface area contributed by atoms with Crippen LogP contribution in [0.4, 0.5) is 4.79 Å². The maximum atomic E-state index is 12.7. The Morgan fingerprint density at radius 3 is 2.48 bits per heavy atom. The van der Waals surface area contributed by atoms with Crippen molar-refractivity contribution in [2.75, 3.05) is 19.6 Å². The lowest BCUT2D eigenvalue weighted by molar-refractivity contribution is -0.139. The molecule has 0 radical (unpaired) electrons. The van der Waals surface area contributed by atoms with E-state index in [4.69, 9.17) is 14.6 Å². The first-order valence-corrected chi connectivity index (χ1v) is 9.16. The van der Waals surface area contributed by atoms with Crippen LogP contribution in [0.2, 0.25) is 0 Å². The molecule has 0 aliphatic heterocycles. The molecule has 0 aromatic carbocycles. The van der Waals surface area contributed by atoms with Gasteiger partial charge in [-0.1, -0.05) is 19.1 Å². The van der Waals surface area contributed by atoms with Gasteiger partial charge in [0.2, 0.25) is 0 Å². The summed E-state index contributed by atoms with van der Waals surface area (Å²) in [6.07, 6.45) is 1.48. The van der Waals surface area contributed by atoms with E-state index >= 15 is 0 Å². The Labute approximate surface area is 159 Å². The number of amides is 2. The molecular weight excluding hydrogens is 350 g/mol. The van der Waals surface area contributed by atoms with Gasteiger partial charge in [0, 0.05) is 18.6 Å². The fourth-order valence-electron chi connectivity index (χ4n) is 3.25. The molecule has 2 amide bonds. The van der Waals surface area contributed by atoms with Gasteiger partial charge >= 0.3 is 12.0 Å². The highest BCUT2D eigenvalue weighted by molar-refractivity contribution is 5.75. The number of aliphatic carboxylic acids is 1. The third-order valence-corrected chi connectivity index (χ3v) is 4.67. The number of urea groups is 1. The zero-order valence-electron chi connectivity index (χ0n) is 16.0. The normalized spacial score (nSPS) is 18.8. The van der Waals surface area contributed by atoms with Crippen molar-refractivity contribution in [3.63, 3.8) is 0 Å². The summed E-state index contributed by atoms with van der Waals surface area (Å²) in [4.78, 5) is 27.1. The molecule has 0 atom stereocenters. The summed E-state index contributed by atoms with van der Waals surface area (Å²) in [5, 5.41) is 21.1. The predicted molar refractivity (Wildman–Crippen MR) is 100 cm³/mol. The average Bonchev–Trinajstić information content (AvgIpc) is 3.02. The Morgan fingerprint density at radius 1 is 1.30 bits per heavy atom. The lowest BCUT2D eigenvalue weighted by Crippen LogP contribution is -2.56. The largest absolute Gasteiger partial charge is 0.480 e. The average molecular weight is 379 g/mol. The van der Waals surface area contributed by atoms with E-state index in [0.717, 1.165) is 18.4 Å². The first-order valence-electron chi connectivity index (χ1n) is 9.16. The Bertz CT molecular complexity index is 666. The van der Waals surface area contributed by atoms with E-state index in [1.807, 2.05) is 18.7 Å². The first-order chi connectivity index (χ1) is 12.8. The van der Waals surface area contributed by atoms with Crippen molar-refractivity contribution in [1.82, 2.24) is 15.1 Å². The minimum atomic E-state index is -0.835. The summed E-state index contributed by atoms with van der Waals surface area (Å²) < 4.78 is 5.48. The number of carbonyl (C=O) groups excluding carboxylic acids is 1. The molecule has 0 bridgehead atoms. The van der Waals surface area contributed by atoms with E-state index in [1.165, 1.54) is 0 Å². The third-order valence-electron chi connectivity index (χ3n) is 4.67. The van der Waals surface area contributed by atoms with Crippen LogP contribution in [-0.4, -0.2) is 63.7 Å². The molecule has 3 N–H and O–H groups in total. The Hall–Kier alpha value is -2.32. The molecule has 1 aromatic heterocycles. The van der Waals surface area contributed by atoms with E-state index in [-0.39, 0.29) is 37.8 Å². The summed E-state index contributed by atoms with van der Waals surface area (Å²) in [7, 11) is 0. The molecule has 0 spiro atoms. The maximum Gasteiger partial charge on any atom is 0.318 e. The highest BCUT2D eigenvalue weighted by Crippen LogP contribution is 2.26. The van der Waals surface area contributed by atoms with Crippen LogP contribution in [0.15, 0.2) is 28.7 Å². The van der Waals surface area contributed by atoms with Gasteiger partial charge in [0.15, 0.2) is 0 Å². The number of aliphatic hydroxyl groups is 1. The first kappa shape index (κ1) is 21.0. The number of carbonyl (C=O) groups is 2. The van der Waals surface area contributed by atoms with Crippen LogP contribution < -0.4 is 5.32 Å². The Kier molecular flexibility index (Phi) is 7.44. The summed E-state index contributed by atoms with van der Waals surface area (Å²) in [5.74, 6) is 0.221. The summed E-state index contributed by atoms with van der Waals surface area (Å²) >= 11 is 0. The number of rotatable bonds is 10. The lowest BCUT2D eigenvalue weighted by atomic mass is 9.85. The summed E-state index contributed by atoms with van der Waals surface area (Å²) in [5.41, 5.74) is 0.851. The summed E-state index contributed by atoms with van der Waals surface area (Å²) in [6, 6.07) is 3.44. The number of nitrogens with zero attached hydrogens (tertiary/aromatic N) is 2. The van der Waals surface area contributed by atoms with Crippen LogP contribution in [0.3, 0.4) is 0 Å². The molecule has 150 valence electrons. The molecule has 1 saturated carbocycles. The molecule has 1 aliphatic carbocycles. The monoisotopic (exact) mass is 379 g/mol. The van der Waals surface area contributed by atoms with Crippen molar-refractivity contribution in [2.24, 2.45) is 0 Å². The number of carboxylic acids is 1. The zero-order chi connectivity index (χ0) is 20.0. The number of aliphatic hydroxyl groups excluding tert-OH is 1. The van der Waals surface area contributed by atoms with E-state index in [0.29, 0.717) is 24.6 Å². The van der Waals surface area contributed by atoms with Crippen LogP contribution in [0, 0.1) is 0 Å². The van der Waals surface area contributed by atoms with Gasteiger partial charge in [-0.05, 0) is 38.4 Å². The number of carboxylic acid groups (broad SMARTS) is 1. The SMILES string of the molecule is C=C(C)CN(Cc1ccc(CO)o1)C(=O)NC1CC(N(CC)CC(=O)O)C1. The Morgan fingerprint density at radius 2 is 1.96 bits per heavy atom. The van der Waals surface area contributed by atoms with Crippen molar-refractivity contribution in [1.29, 1.82) is 0 Å². The minimum absolute atomic E-state index is 0.0231. The van der Waals surface area contributed by atoms with Crippen LogP contribution in [0.1, 0.15) is 38.2 Å². The van der Waals surface area contributed by atoms with Crippen LogP contribution >= 0.6 is 0 Å². The standard InChI is InChI=1S/C19H29N3O5/c1-4-21(11-18(24)25)15-7-14(8-15)20-19(26)22(9-13(2)3)10-16-5-6-17(12-23)27-16/h5-6,14-15,23H,2,4,7-12H2,1,3H3,(H,20,26)(H,24,25). The molecule has 8 heteroatoms. The highest BCUT2D eigenvalue weighted by atomic mass is 16.4. The van der Waals surface area contributed by atoms with E-state index in [1.54, 1.807) is 17.0 Å². The molecular formula is C19H29N3O5. The van der Waals surface area contributed by atoms with E-state index < -0.39 is 5.97 Å². The van der Waals surface area contributed by atoms with Crippen LogP contribution in [0.5, 0.6) is 0 Å². The van der Waals surface area contributed by atoms with Crippen LogP contribution in [-0.2, 0) is 17.9 Å². The molecule has 1 aromatic rings. The summed E-state index contributed by atoms with van der Waals surface area (Å²) in [6.45, 7) is 8.87. The van der Waals surface area contributed by atoms with E-state index in [9.17, 15) is 9.59 Å². The molecule has 27 heavy (non-hydrogen) atoms. The molecule has 2 rings (SSSR count). The topological polar surface area (TPSA) is 106 Å². The van der Waals surface area contributed by atoms with Crippen molar-refractivity contribution in [2.45, 2.75) is 51.9 Å². The van der Waals surface area contributed by atoms with Gasteiger partial charge in [-0.3, -0.25) is 9.69 Å². The molecule has 1 aliphatic rings. The molecule has 1 heterocycles. The molecule has 1 fully saturated rings. The zero-order valence-corrected chi connectivity index (χ0v) is 16.0. The van der Waals surface area contributed by atoms with Gasteiger partial charge < -0.3 is 24.8 Å². The van der Waals surface area contributed by atoms with E-state index in [2.05, 4.69) is 11.9 Å². The molecule has 0 saturated heterocycles. The number of hydrogen-bond acceptors (Lipinski definition) is 5. The van der Waals surface area contributed by atoms with Gasteiger partial charge in [0.25, 0.3) is 0 Å². The van der Waals surface area contributed by atoms with Gasteiger partial charge in [0.1, 0.15) is 18.1 Å². The molecule has 8 nitrogen and oxygen atoms in total.